The van der Waals surface area contributed by atoms with Crippen LogP contribution in [0.1, 0.15) is 0 Å². The molecule has 0 saturated carbocycles. The molecule has 8 heavy (non-hydrogen) atoms. The minimum absolute atomic E-state index is 0. The summed E-state index contributed by atoms with van der Waals surface area (Å²) in [4.78, 5) is 17.9. The molecule has 2 N–H and O–H groups in total. The van der Waals surface area contributed by atoms with Crippen LogP contribution in [0.3, 0.4) is 0 Å². The minimum atomic E-state index is -2.19. The Morgan fingerprint density at radius 1 is 1.00 bits per heavy atom. The van der Waals surface area contributed by atoms with Crippen LogP contribution < -0.4 is 10.2 Å². The molecule has 0 aromatic heterocycles. The number of carboxylic acid groups (broad SMARTS) is 2. The van der Waals surface area contributed by atoms with E-state index in [4.69, 9.17) is 19.8 Å². The largest absolute Gasteiger partial charge is 3.00 e. The number of carbonyl (C=O) groups is 2. The summed E-state index contributed by atoms with van der Waals surface area (Å²) in [5, 5.41) is 17.9. The Hall–Kier alpha value is 0.0948. The number of carbonyl (C=O) groups excluding carboxylic acids is 2. The van der Waals surface area contributed by atoms with Gasteiger partial charge in [0, 0.05) is 0 Å². The Balaban J connectivity index is -0.000000125. The second kappa shape index (κ2) is 7.09. The molecule has 42 valence electrons. The summed E-state index contributed by atoms with van der Waals surface area (Å²) in [6.45, 7) is 0. The third kappa shape index (κ3) is 9.44. The van der Waals surface area contributed by atoms with Crippen molar-refractivity contribution < 1.29 is 60.9 Å². The third-order valence-electron chi connectivity index (χ3n) is 0.167. The second-order valence-corrected chi connectivity index (χ2v) is 0.575. The average Bonchev–Trinajstić information content (AvgIpc) is 1.36. The van der Waals surface area contributed by atoms with E-state index in [1.54, 1.807) is 0 Å². The first-order chi connectivity index (χ1) is 2.64. The van der Waals surface area contributed by atoms with Gasteiger partial charge in [-0.15, -0.1) is 0 Å². The van der Waals surface area contributed by atoms with Gasteiger partial charge in [-0.05, 0) is 0 Å². The number of aliphatic carboxylic acids is 2. The van der Waals surface area contributed by atoms with Crippen molar-refractivity contribution in [2.75, 3.05) is 0 Å². The molecule has 0 unspecified atom stereocenters. The molecule has 0 fully saturated rings. The van der Waals surface area contributed by atoms with E-state index in [9.17, 15) is 0 Å². The first-order valence-corrected chi connectivity index (χ1v) is 1.07. The molecule has 0 aromatic rings. The smallest absolute Gasteiger partial charge is 0.543 e. The first-order valence-electron chi connectivity index (χ1n) is 1.07. The second-order valence-electron chi connectivity index (χ2n) is 0.575. The summed E-state index contributed by atoms with van der Waals surface area (Å²) in [7, 11) is 0. The predicted molar refractivity (Wildman–Crippen MR) is 13.6 cm³/mol. The van der Waals surface area contributed by atoms with Crippen LogP contribution >= 0.6 is 0 Å². The van der Waals surface area contributed by atoms with E-state index in [1.165, 1.54) is 0 Å². The van der Waals surface area contributed by atoms with Crippen LogP contribution in [0.15, 0.2) is 0 Å². The Kier molecular flexibility index (Phi) is 13.9. The van der Waals surface area contributed by atoms with Crippen LogP contribution in [0.4, 0.5) is 0 Å². The van der Waals surface area contributed by atoms with E-state index in [-0.39, 0.29) is 41.1 Å². The summed E-state index contributed by atoms with van der Waals surface area (Å²) in [5.41, 5.74) is 0. The van der Waals surface area contributed by atoms with E-state index in [0.717, 1.165) is 0 Å². The molecule has 5 nitrogen and oxygen atoms in total. The van der Waals surface area contributed by atoms with Gasteiger partial charge in [-0.25, -0.2) is 0 Å². The quantitative estimate of drug-likeness (QED) is 0.401. The van der Waals surface area contributed by atoms with Gasteiger partial charge in [-0.2, -0.15) is 0 Å². The van der Waals surface area contributed by atoms with Gasteiger partial charge >= 0.3 is 35.6 Å². The van der Waals surface area contributed by atoms with Crippen molar-refractivity contribution in [2.45, 2.75) is 0 Å². The Morgan fingerprint density at radius 3 is 1.12 bits per heavy atom. The normalized spacial score (nSPS) is 5.50. The zero-order valence-electron chi connectivity index (χ0n) is 3.71. The monoisotopic (exact) mass is 245 g/mol. The van der Waals surface area contributed by atoms with Gasteiger partial charge in [0.2, 0.25) is 0 Å². The third-order valence-corrected chi connectivity index (χ3v) is 0.167. The van der Waals surface area contributed by atoms with Crippen LogP contribution in [-0.4, -0.2) is 17.4 Å². The predicted octanol–water partition coefficient (Wildman–Crippen LogP) is -4.34. The molecule has 0 atom stereocenters. The fourth-order valence-corrected chi connectivity index (χ4v) is 0. The van der Waals surface area contributed by atoms with Gasteiger partial charge in [0.25, 0.3) is 0 Å². The maximum atomic E-state index is 8.93. The van der Waals surface area contributed by atoms with Gasteiger partial charge in [0.05, 0.1) is 11.9 Å². The molecule has 0 aliphatic heterocycles. The summed E-state index contributed by atoms with van der Waals surface area (Å²) in [6.07, 6.45) is 0. The zero-order valence-corrected chi connectivity index (χ0v) is 7.34. The molecule has 0 bridgehead atoms. The summed E-state index contributed by atoms with van der Waals surface area (Å²) >= 11 is 0. The van der Waals surface area contributed by atoms with Gasteiger partial charge in [0.15, 0.2) is 0 Å². The van der Waals surface area contributed by atoms with Crippen molar-refractivity contribution in [1.82, 2.24) is 0 Å². The first kappa shape index (κ1) is 15.7. The molecule has 0 aliphatic carbocycles. The van der Waals surface area contributed by atoms with E-state index < -0.39 is 11.9 Å². The minimum Gasteiger partial charge on any atom is -0.543 e. The van der Waals surface area contributed by atoms with Gasteiger partial charge < -0.3 is 25.3 Å². The average molecular weight is 245 g/mol. The number of hydrogen-bond acceptors (Lipinski definition) is 4. The van der Waals surface area contributed by atoms with Crippen LogP contribution in [-0.2, 0) is 9.59 Å². The van der Waals surface area contributed by atoms with Crippen molar-refractivity contribution in [1.29, 1.82) is 0 Å². The molecule has 0 spiro atoms. The summed E-state index contributed by atoms with van der Waals surface area (Å²) in [5.74, 6) is -4.37. The maximum Gasteiger partial charge on any atom is 3.00 e. The SMILES string of the molecule is O.O=C([O-])C(=O)[O-].[La+3]. The van der Waals surface area contributed by atoms with Crippen molar-refractivity contribution in [3.05, 3.63) is 0 Å². The summed E-state index contributed by atoms with van der Waals surface area (Å²) in [6, 6.07) is 0. The molecule has 0 aliphatic rings. The van der Waals surface area contributed by atoms with Crippen LogP contribution in [0.2, 0.25) is 0 Å². The number of carboxylic acids is 2. The molecule has 6 heteroatoms. The molecule has 0 aromatic carbocycles. The topological polar surface area (TPSA) is 112 Å². The zero-order chi connectivity index (χ0) is 5.15. The molecule has 0 saturated heterocycles. The number of rotatable bonds is 0. The molecule has 0 rings (SSSR count). The van der Waals surface area contributed by atoms with Crippen molar-refractivity contribution in [3.8, 4) is 0 Å². The molecule has 0 heterocycles. The van der Waals surface area contributed by atoms with E-state index in [1.807, 2.05) is 0 Å². The Bertz CT molecular complexity index is 76.4. The van der Waals surface area contributed by atoms with Gasteiger partial charge in [-0.3, -0.25) is 0 Å². The Morgan fingerprint density at radius 2 is 1.12 bits per heavy atom. The Labute approximate surface area is 72.6 Å². The molecule has 0 amide bonds. The maximum absolute atomic E-state index is 8.93. The van der Waals surface area contributed by atoms with Crippen LogP contribution in [0.5, 0.6) is 0 Å². The van der Waals surface area contributed by atoms with Crippen molar-refractivity contribution in [2.24, 2.45) is 0 Å². The van der Waals surface area contributed by atoms with Crippen molar-refractivity contribution >= 4 is 11.9 Å². The fourth-order valence-electron chi connectivity index (χ4n) is 0. The van der Waals surface area contributed by atoms with Crippen LogP contribution in [0.25, 0.3) is 0 Å². The summed E-state index contributed by atoms with van der Waals surface area (Å²) < 4.78 is 0. The van der Waals surface area contributed by atoms with Crippen LogP contribution in [0, 0.1) is 35.6 Å². The standard InChI is InChI=1S/C2H2O4.La.H2O/c3-1(4)2(5)6;;/h(H,3,4)(H,5,6);;1H2/q;+3;/p-2. The van der Waals surface area contributed by atoms with E-state index in [2.05, 4.69) is 0 Å². The molecule has 0 radical (unpaired) electrons. The fraction of sp³-hybridized carbons (Fsp3) is 0. The molecular weight excluding hydrogens is 243 g/mol. The van der Waals surface area contributed by atoms with Gasteiger partial charge in [0.1, 0.15) is 0 Å². The number of hydrogen-bond donors (Lipinski definition) is 0. The van der Waals surface area contributed by atoms with Gasteiger partial charge in [-0.1, -0.05) is 0 Å². The van der Waals surface area contributed by atoms with Crippen molar-refractivity contribution in [3.63, 3.8) is 0 Å². The molecular formula is C2H2LaO5+. The van der Waals surface area contributed by atoms with E-state index in [0.29, 0.717) is 0 Å². The van der Waals surface area contributed by atoms with E-state index >= 15 is 0 Å².